The van der Waals surface area contributed by atoms with Gasteiger partial charge in [0.15, 0.2) is 0 Å². The van der Waals surface area contributed by atoms with Crippen molar-refractivity contribution in [2.24, 2.45) is 0 Å². The highest BCUT2D eigenvalue weighted by atomic mass is 14.9. The van der Waals surface area contributed by atoms with E-state index in [1.165, 1.54) is 0 Å². The maximum atomic E-state index is 4.66. The van der Waals surface area contributed by atoms with Crippen molar-refractivity contribution >= 4 is 11.0 Å². The van der Waals surface area contributed by atoms with Crippen LogP contribution in [0, 0.1) is 0 Å². The molecular weight excluding hydrogens is 248 g/mol. The Morgan fingerprint density at radius 2 is 1.55 bits per heavy atom. The van der Waals surface area contributed by atoms with Gasteiger partial charge in [-0.05, 0) is 12.1 Å². The Morgan fingerprint density at radius 1 is 0.800 bits per heavy atom. The zero-order valence-corrected chi connectivity index (χ0v) is 10.7. The summed E-state index contributed by atoms with van der Waals surface area (Å²) in [7, 11) is 0. The van der Waals surface area contributed by atoms with Gasteiger partial charge < -0.3 is 9.97 Å². The van der Waals surface area contributed by atoms with Crippen LogP contribution >= 0.6 is 0 Å². The highest BCUT2D eigenvalue weighted by Crippen LogP contribution is 2.29. The number of fused-ring (bicyclic) bond motifs is 1. The van der Waals surface area contributed by atoms with E-state index in [1.807, 2.05) is 48.7 Å². The topological polar surface area (TPSA) is 57.4 Å². The number of para-hydroxylation sites is 2. The summed E-state index contributed by atoms with van der Waals surface area (Å²) in [5.41, 5.74) is 4.09. The number of imidazole rings is 2. The predicted octanol–water partition coefficient (Wildman–Crippen LogP) is 3.62. The fourth-order valence-corrected chi connectivity index (χ4v) is 2.39. The monoisotopic (exact) mass is 260 g/mol. The Morgan fingerprint density at radius 3 is 2.30 bits per heavy atom. The highest BCUT2D eigenvalue weighted by molar-refractivity contribution is 5.84. The van der Waals surface area contributed by atoms with Crippen LogP contribution in [-0.4, -0.2) is 19.9 Å². The van der Waals surface area contributed by atoms with Gasteiger partial charge in [-0.2, -0.15) is 0 Å². The molecule has 20 heavy (non-hydrogen) atoms. The fourth-order valence-electron chi connectivity index (χ4n) is 2.39. The first kappa shape index (κ1) is 11.0. The molecule has 0 fully saturated rings. The molecule has 0 radical (unpaired) electrons. The molecule has 0 bridgehead atoms. The van der Waals surface area contributed by atoms with Gasteiger partial charge in [0.2, 0.25) is 0 Å². The first-order valence-corrected chi connectivity index (χ1v) is 6.46. The number of aromatic nitrogens is 4. The minimum atomic E-state index is 0.848. The molecule has 0 aliphatic rings. The third kappa shape index (κ3) is 1.70. The number of hydrogen-bond acceptors (Lipinski definition) is 2. The van der Waals surface area contributed by atoms with E-state index in [0.717, 1.165) is 33.8 Å². The molecule has 4 rings (SSSR count). The minimum Gasteiger partial charge on any atom is -0.345 e. The molecule has 2 heterocycles. The van der Waals surface area contributed by atoms with Gasteiger partial charge in [-0.25, -0.2) is 9.97 Å². The Labute approximate surface area is 115 Å². The van der Waals surface area contributed by atoms with Crippen LogP contribution in [0.15, 0.2) is 60.9 Å². The second-order valence-corrected chi connectivity index (χ2v) is 4.59. The maximum absolute atomic E-state index is 4.66. The summed E-state index contributed by atoms with van der Waals surface area (Å²) in [4.78, 5) is 15.5. The lowest BCUT2D eigenvalue weighted by Crippen LogP contribution is -1.88. The molecule has 96 valence electrons. The van der Waals surface area contributed by atoms with E-state index in [-0.39, 0.29) is 0 Å². The number of rotatable bonds is 2. The van der Waals surface area contributed by atoms with Crippen LogP contribution in [0.2, 0.25) is 0 Å². The second kappa shape index (κ2) is 4.35. The van der Waals surface area contributed by atoms with Crippen LogP contribution in [0.1, 0.15) is 0 Å². The van der Waals surface area contributed by atoms with E-state index in [0.29, 0.717) is 0 Å². The van der Waals surface area contributed by atoms with Gasteiger partial charge >= 0.3 is 0 Å². The largest absolute Gasteiger partial charge is 0.345 e. The fraction of sp³-hybridized carbons (Fsp3) is 0. The standard InChI is InChI=1S/C16H12N4/c1-2-6-12(11(5-1)15-17-9-10-18-15)16-19-13-7-3-4-8-14(13)20-16/h1-10H,(H,17,18)(H,19,20). The molecule has 2 N–H and O–H groups in total. The lowest BCUT2D eigenvalue weighted by molar-refractivity contribution is 1.28. The van der Waals surface area contributed by atoms with Gasteiger partial charge in [0.05, 0.1) is 11.0 Å². The van der Waals surface area contributed by atoms with E-state index in [1.54, 1.807) is 6.20 Å². The zero-order valence-electron chi connectivity index (χ0n) is 10.7. The lowest BCUT2D eigenvalue weighted by atomic mass is 10.1. The van der Waals surface area contributed by atoms with Gasteiger partial charge in [0, 0.05) is 23.5 Å². The molecule has 0 saturated carbocycles. The van der Waals surface area contributed by atoms with Crippen molar-refractivity contribution in [1.29, 1.82) is 0 Å². The lowest BCUT2D eigenvalue weighted by Gasteiger charge is -2.04. The van der Waals surface area contributed by atoms with E-state index >= 15 is 0 Å². The first-order valence-electron chi connectivity index (χ1n) is 6.46. The molecule has 0 spiro atoms. The summed E-state index contributed by atoms with van der Waals surface area (Å²) >= 11 is 0. The Hall–Kier alpha value is -2.88. The third-order valence-corrected chi connectivity index (χ3v) is 3.32. The maximum Gasteiger partial charge on any atom is 0.139 e. The molecule has 0 saturated heterocycles. The predicted molar refractivity (Wildman–Crippen MR) is 79.1 cm³/mol. The van der Waals surface area contributed by atoms with Crippen molar-refractivity contribution < 1.29 is 0 Å². The first-order chi connectivity index (χ1) is 9.92. The second-order valence-electron chi connectivity index (χ2n) is 4.59. The van der Waals surface area contributed by atoms with Crippen LogP contribution in [0.5, 0.6) is 0 Å². The summed E-state index contributed by atoms with van der Waals surface area (Å²) in [6, 6.07) is 16.1. The molecule has 4 aromatic rings. The van der Waals surface area contributed by atoms with Crippen molar-refractivity contribution in [3.05, 3.63) is 60.9 Å². The zero-order chi connectivity index (χ0) is 13.4. The number of nitrogens with one attached hydrogen (secondary N) is 2. The molecule has 0 amide bonds. The Balaban J connectivity index is 1.94. The van der Waals surface area contributed by atoms with Crippen molar-refractivity contribution in [1.82, 2.24) is 19.9 Å². The molecule has 0 unspecified atom stereocenters. The average molecular weight is 260 g/mol. The van der Waals surface area contributed by atoms with E-state index in [4.69, 9.17) is 0 Å². The Kier molecular flexibility index (Phi) is 2.39. The number of hydrogen-bond donors (Lipinski definition) is 2. The SMILES string of the molecule is c1ccc(-c2nc3ccccc3[nH]2)c(-c2ncc[nH]2)c1. The van der Waals surface area contributed by atoms with Crippen LogP contribution in [0.3, 0.4) is 0 Å². The van der Waals surface area contributed by atoms with Crippen LogP contribution < -0.4 is 0 Å². The summed E-state index contributed by atoms with van der Waals surface area (Å²) in [6.45, 7) is 0. The van der Waals surface area contributed by atoms with Gasteiger partial charge in [0.1, 0.15) is 11.6 Å². The molecule has 0 atom stereocenters. The summed E-state index contributed by atoms with van der Waals surface area (Å²) in [5.74, 6) is 1.71. The van der Waals surface area contributed by atoms with Gasteiger partial charge in [-0.3, -0.25) is 0 Å². The van der Waals surface area contributed by atoms with Crippen molar-refractivity contribution in [3.63, 3.8) is 0 Å². The molecule has 2 aromatic heterocycles. The molecule has 2 aromatic carbocycles. The highest BCUT2D eigenvalue weighted by Gasteiger charge is 2.11. The average Bonchev–Trinajstić information content (AvgIpc) is 3.16. The summed E-state index contributed by atoms with van der Waals surface area (Å²) < 4.78 is 0. The van der Waals surface area contributed by atoms with Crippen molar-refractivity contribution in [2.75, 3.05) is 0 Å². The number of aromatic amines is 2. The van der Waals surface area contributed by atoms with Crippen molar-refractivity contribution in [2.45, 2.75) is 0 Å². The summed E-state index contributed by atoms with van der Waals surface area (Å²) in [6.07, 6.45) is 3.58. The number of H-pyrrole nitrogens is 2. The van der Waals surface area contributed by atoms with Gasteiger partial charge in [-0.1, -0.05) is 36.4 Å². The molecule has 0 aliphatic heterocycles. The molecule has 0 aliphatic carbocycles. The van der Waals surface area contributed by atoms with Crippen molar-refractivity contribution in [3.8, 4) is 22.8 Å². The minimum absolute atomic E-state index is 0.848. The molecule has 4 nitrogen and oxygen atoms in total. The van der Waals surface area contributed by atoms with Gasteiger partial charge in [-0.15, -0.1) is 0 Å². The van der Waals surface area contributed by atoms with E-state index in [2.05, 4.69) is 26.0 Å². The van der Waals surface area contributed by atoms with Crippen LogP contribution in [0.4, 0.5) is 0 Å². The number of benzene rings is 2. The molecule has 4 heteroatoms. The normalized spacial score (nSPS) is 11.0. The third-order valence-electron chi connectivity index (χ3n) is 3.32. The van der Waals surface area contributed by atoms with E-state index < -0.39 is 0 Å². The number of nitrogens with zero attached hydrogens (tertiary/aromatic N) is 2. The summed E-state index contributed by atoms with van der Waals surface area (Å²) in [5, 5.41) is 0. The van der Waals surface area contributed by atoms with Crippen LogP contribution in [0.25, 0.3) is 33.8 Å². The quantitative estimate of drug-likeness (QED) is 0.578. The Bertz CT molecular complexity index is 826. The molecular formula is C16H12N4. The van der Waals surface area contributed by atoms with E-state index in [9.17, 15) is 0 Å². The smallest absolute Gasteiger partial charge is 0.139 e. The van der Waals surface area contributed by atoms with Gasteiger partial charge in [0.25, 0.3) is 0 Å². The van der Waals surface area contributed by atoms with Crippen LogP contribution in [-0.2, 0) is 0 Å².